The number of likely N-dealkylation sites (N-methyl/N-ethyl adjacent to an activating group) is 1. The summed E-state index contributed by atoms with van der Waals surface area (Å²) in [6.45, 7) is 4.64. The van der Waals surface area contributed by atoms with Gasteiger partial charge >= 0.3 is 5.97 Å². The summed E-state index contributed by atoms with van der Waals surface area (Å²) in [5.74, 6) is -0.0342. The van der Waals surface area contributed by atoms with E-state index < -0.39 is 0 Å². The monoisotopic (exact) mass is 342 g/mol. The molecular weight excluding hydrogens is 298 g/mol. The summed E-state index contributed by atoms with van der Waals surface area (Å²) in [6.07, 6.45) is 17.2. The van der Waals surface area contributed by atoms with Crippen LogP contribution in [0.3, 0.4) is 0 Å². The summed E-state index contributed by atoms with van der Waals surface area (Å²) in [5.41, 5.74) is 0. The number of unbranched alkanes of at least 4 members (excludes halogenated alkanes) is 11. The maximum Gasteiger partial charge on any atom is 0.364 e. The molecule has 0 N–H and O–H groups in total. The molecule has 144 valence electrons. The first-order chi connectivity index (χ1) is 11.4. The fraction of sp³-hybridized carbons (Fsp3) is 0.952. The molecule has 0 amide bonds. The van der Waals surface area contributed by atoms with E-state index >= 15 is 0 Å². The van der Waals surface area contributed by atoms with Gasteiger partial charge in [-0.1, -0.05) is 77.6 Å². The number of rotatable bonds is 16. The minimum absolute atomic E-state index is 0.0203. The number of quaternary nitrogens is 1. The second-order valence-corrected chi connectivity index (χ2v) is 8.06. The maximum absolute atomic E-state index is 12.1. The lowest BCUT2D eigenvalue weighted by atomic mass is 10.0. The van der Waals surface area contributed by atoms with Gasteiger partial charge in [0.15, 0.2) is 6.04 Å². The van der Waals surface area contributed by atoms with Crippen LogP contribution in [-0.4, -0.2) is 44.2 Å². The highest BCUT2D eigenvalue weighted by Crippen LogP contribution is 2.16. The lowest BCUT2D eigenvalue weighted by Gasteiger charge is -2.32. The zero-order valence-corrected chi connectivity index (χ0v) is 17.2. The van der Waals surface area contributed by atoms with Gasteiger partial charge in [-0.3, -0.25) is 0 Å². The predicted octanol–water partition coefficient (Wildman–Crippen LogP) is 5.72. The first-order valence-corrected chi connectivity index (χ1v) is 10.4. The van der Waals surface area contributed by atoms with Crippen molar-refractivity contribution in [1.29, 1.82) is 0 Å². The fourth-order valence-electron chi connectivity index (χ4n) is 3.24. The largest absolute Gasteiger partial charge is 0.462 e. The minimum Gasteiger partial charge on any atom is -0.462 e. The van der Waals surface area contributed by atoms with Gasteiger partial charge < -0.3 is 9.22 Å². The molecule has 3 nitrogen and oxygen atoms in total. The molecular formula is C21H44NO2+. The van der Waals surface area contributed by atoms with E-state index in [0.717, 1.165) is 12.8 Å². The van der Waals surface area contributed by atoms with Gasteiger partial charge in [0.05, 0.1) is 27.7 Å². The van der Waals surface area contributed by atoms with Crippen LogP contribution in [0.1, 0.15) is 97.3 Å². The SMILES string of the molecule is CCCCCCCCCCCCCCC(C(=O)OCC)[N+](C)(C)C. The Bertz CT molecular complexity index is 297. The van der Waals surface area contributed by atoms with Crippen molar-refractivity contribution >= 4 is 5.97 Å². The number of nitrogens with zero attached hydrogens (tertiary/aromatic N) is 1. The molecule has 0 aliphatic carbocycles. The number of esters is 1. The number of carbonyl (C=O) groups is 1. The van der Waals surface area contributed by atoms with Crippen molar-refractivity contribution in [2.24, 2.45) is 0 Å². The van der Waals surface area contributed by atoms with Crippen LogP contribution in [0.4, 0.5) is 0 Å². The molecule has 0 aliphatic rings. The molecule has 0 radical (unpaired) electrons. The number of carbonyl (C=O) groups excluding carboxylic acids is 1. The van der Waals surface area contributed by atoms with Gasteiger partial charge in [0.2, 0.25) is 0 Å². The zero-order chi connectivity index (χ0) is 18.3. The van der Waals surface area contributed by atoms with Gasteiger partial charge in [-0.2, -0.15) is 0 Å². The van der Waals surface area contributed by atoms with E-state index in [1.807, 2.05) is 6.92 Å². The average Bonchev–Trinajstić information content (AvgIpc) is 2.50. The van der Waals surface area contributed by atoms with Gasteiger partial charge in [0.25, 0.3) is 0 Å². The third kappa shape index (κ3) is 12.8. The summed E-state index contributed by atoms with van der Waals surface area (Å²) in [7, 11) is 6.26. The Kier molecular flexibility index (Phi) is 14.4. The second-order valence-electron chi connectivity index (χ2n) is 8.06. The highest BCUT2D eigenvalue weighted by Gasteiger charge is 2.32. The van der Waals surface area contributed by atoms with Crippen LogP contribution in [0.5, 0.6) is 0 Å². The van der Waals surface area contributed by atoms with Crippen molar-refractivity contribution in [1.82, 2.24) is 0 Å². The van der Waals surface area contributed by atoms with Crippen molar-refractivity contribution in [2.45, 2.75) is 103 Å². The van der Waals surface area contributed by atoms with Gasteiger partial charge in [-0.25, -0.2) is 4.79 Å². The predicted molar refractivity (Wildman–Crippen MR) is 104 cm³/mol. The lowest BCUT2D eigenvalue weighted by Crippen LogP contribution is -2.50. The zero-order valence-electron chi connectivity index (χ0n) is 17.2. The molecule has 0 saturated carbocycles. The standard InChI is InChI=1S/C21H44NO2/c1-6-8-9-10-11-12-13-14-15-16-17-18-19-20(22(3,4)5)21(23)24-7-2/h20H,6-19H2,1-5H3/q+1. The first-order valence-electron chi connectivity index (χ1n) is 10.4. The highest BCUT2D eigenvalue weighted by atomic mass is 16.5. The topological polar surface area (TPSA) is 26.3 Å². The van der Waals surface area contributed by atoms with E-state index in [0.29, 0.717) is 11.1 Å². The van der Waals surface area contributed by atoms with E-state index in [2.05, 4.69) is 28.1 Å². The molecule has 0 aliphatic heterocycles. The van der Waals surface area contributed by atoms with Crippen LogP contribution < -0.4 is 0 Å². The van der Waals surface area contributed by atoms with E-state index in [-0.39, 0.29) is 12.0 Å². The van der Waals surface area contributed by atoms with Crippen molar-refractivity contribution in [3.05, 3.63) is 0 Å². The summed E-state index contributed by atoms with van der Waals surface area (Å²) >= 11 is 0. The third-order valence-corrected chi connectivity index (χ3v) is 4.82. The summed E-state index contributed by atoms with van der Waals surface area (Å²) in [5, 5.41) is 0. The van der Waals surface area contributed by atoms with Crippen molar-refractivity contribution < 1.29 is 14.0 Å². The van der Waals surface area contributed by atoms with Crippen LogP contribution in [0.2, 0.25) is 0 Å². The number of ether oxygens (including phenoxy) is 1. The molecule has 0 saturated heterocycles. The smallest absolute Gasteiger partial charge is 0.364 e. The summed E-state index contributed by atoms with van der Waals surface area (Å²) in [4.78, 5) is 12.1. The Morgan fingerprint density at radius 1 is 0.750 bits per heavy atom. The molecule has 0 aromatic carbocycles. The van der Waals surface area contributed by atoms with E-state index in [4.69, 9.17) is 4.74 Å². The average molecular weight is 343 g/mol. The quantitative estimate of drug-likeness (QED) is 0.204. The Morgan fingerprint density at radius 3 is 1.54 bits per heavy atom. The van der Waals surface area contributed by atoms with Crippen molar-refractivity contribution in [3.63, 3.8) is 0 Å². The summed E-state index contributed by atoms with van der Waals surface area (Å²) in [6, 6.07) is -0.0203. The Labute approximate surface area is 151 Å². The van der Waals surface area contributed by atoms with Gasteiger partial charge in [0.1, 0.15) is 0 Å². The molecule has 0 spiro atoms. The van der Waals surface area contributed by atoms with E-state index in [1.54, 1.807) is 0 Å². The molecule has 0 bridgehead atoms. The third-order valence-electron chi connectivity index (χ3n) is 4.82. The minimum atomic E-state index is -0.0342. The van der Waals surface area contributed by atoms with Crippen LogP contribution in [-0.2, 0) is 9.53 Å². The van der Waals surface area contributed by atoms with Gasteiger partial charge in [-0.05, 0) is 13.3 Å². The van der Waals surface area contributed by atoms with Gasteiger partial charge in [-0.15, -0.1) is 0 Å². The maximum atomic E-state index is 12.1. The molecule has 0 aromatic rings. The van der Waals surface area contributed by atoms with E-state index in [1.165, 1.54) is 70.6 Å². The Morgan fingerprint density at radius 2 is 1.17 bits per heavy atom. The molecule has 24 heavy (non-hydrogen) atoms. The van der Waals surface area contributed by atoms with Crippen LogP contribution in [0.25, 0.3) is 0 Å². The first kappa shape index (κ1) is 23.4. The molecule has 3 heteroatoms. The Hall–Kier alpha value is -0.570. The van der Waals surface area contributed by atoms with E-state index in [9.17, 15) is 4.79 Å². The van der Waals surface area contributed by atoms with Crippen LogP contribution in [0.15, 0.2) is 0 Å². The van der Waals surface area contributed by atoms with Crippen LogP contribution in [0, 0.1) is 0 Å². The Balaban J connectivity index is 3.60. The van der Waals surface area contributed by atoms with Gasteiger partial charge in [0, 0.05) is 6.42 Å². The molecule has 1 unspecified atom stereocenters. The number of hydrogen-bond acceptors (Lipinski definition) is 2. The summed E-state index contributed by atoms with van der Waals surface area (Å²) < 4.78 is 5.90. The second kappa shape index (κ2) is 14.7. The van der Waals surface area contributed by atoms with Crippen molar-refractivity contribution in [3.8, 4) is 0 Å². The van der Waals surface area contributed by atoms with Crippen molar-refractivity contribution in [2.75, 3.05) is 27.7 Å². The van der Waals surface area contributed by atoms with Crippen LogP contribution >= 0.6 is 0 Å². The molecule has 0 fully saturated rings. The number of hydrogen-bond donors (Lipinski definition) is 0. The molecule has 1 atom stereocenters. The highest BCUT2D eigenvalue weighted by molar-refractivity contribution is 5.74. The fourth-order valence-corrected chi connectivity index (χ4v) is 3.24. The molecule has 0 rings (SSSR count). The lowest BCUT2D eigenvalue weighted by molar-refractivity contribution is -0.887. The molecule has 0 heterocycles. The normalized spacial score (nSPS) is 13.0. The molecule has 0 aromatic heterocycles.